The summed E-state index contributed by atoms with van der Waals surface area (Å²) in [6, 6.07) is 8.62. The molecule has 24 heavy (non-hydrogen) atoms. The van der Waals surface area contributed by atoms with E-state index < -0.39 is 30.1 Å². The zero-order valence-corrected chi connectivity index (χ0v) is 13.4. The van der Waals surface area contributed by atoms with Crippen molar-refractivity contribution in [1.29, 1.82) is 0 Å². The highest BCUT2D eigenvalue weighted by Crippen LogP contribution is 2.24. The second kappa shape index (κ2) is 6.05. The molecule has 0 radical (unpaired) electrons. The Kier molecular flexibility index (Phi) is 4.07. The van der Waals surface area contributed by atoms with Gasteiger partial charge in [0.05, 0.1) is 16.1 Å². The molecule has 1 aliphatic heterocycles. The molecule has 0 saturated heterocycles. The van der Waals surface area contributed by atoms with Crippen LogP contribution in [0.25, 0.3) is 0 Å². The van der Waals surface area contributed by atoms with E-state index in [-0.39, 0.29) is 21.8 Å². The Morgan fingerprint density at radius 1 is 1.12 bits per heavy atom. The van der Waals surface area contributed by atoms with Crippen LogP contribution in [-0.4, -0.2) is 29.2 Å². The number of rotatable bonds is 3. The fourth-order valence-corrected chi connectivity index (χ4v) is 2.65. The smallest absolute Gasteiger partial charge is 0.262 e. The van der Waals surface area contributed by atoms with Crippen molar-refractivity contribution in [3.05, 3.63) is 63.9 Å². The van der Waals surface area contributed by atoms with Gasteiger partial charge in [0, 0.05) is 5.69 Å². The number of fused-ring (bicyclic) bond motifs is 1. The molecule has 5 nitrogen and oxygen atoms in total. The Morgan fingerprint density at radius 2 is 1.83 bits per heavy atom. The van der Waals surface area contributed by atoms with Crippen LogP contribution in [0.2, 0.25) is 5.02 Å². The van der Waals surface area contributed by atoms with Gasteiger partial charge in [0.15, 0.2) is 0 Å². The third kappa shape index (κ3) is 2.88. The molecule has 1 heterocycles. The van der Waals surface area contributed by atoms with Crippen molar-refractivity contribution >= 4 is 35.0 Å². The predicted molar refractivity (Wildman–Crippen MR) is 86.6 cm³/mol. The number of nitrogens with one attached hydrogen (secondary N) is 1. The summed E-state index contributed by atoms with van der Waals surface area (Å²) in [5.41, 5.74) is 1.70. The van der Waals surface area contributed by atoms with E-state index in [0.717, 1.165) is 16.5 Å². The van der Waals surface area contributed by atoms with Crippen LogP contribution < -0.4 is 5.32 Å². The lowest BCUT2D eigenvalue weighted by atomic mass is 10.1. The first-order valence-corrected chi connectivity index (χ1v) is 7.46. The highest BCUT2D eigenvalue weighted by atomic mass is 35.5. The summed E-state index contributed by atoms with van der Waals surface area (Å²) < 4.78 is 13.1. The molecule has 7 heteroatoms. The van der Waals surface area contributed by atoms with Crippen LogP contribution in [0.4, 0.5) is 10.1 Å². The van der Waals surface area contributed by atoms with Crippen molar-refractivity contribution in [2.45, 2.75) is 6.92 Å². The van der Waals surface area contributed by atoms with E-state index in [1.165, 1.54) is 12.1 Å². The number of halogens is 2. The van der Waals surface area contributed by atoms with Crippen molar-refractivity contribution in [3.63, 3.8) is 0 Å². The van der Waals surface area contributed by atoms with Gasteiger partial charge in [-0.1, -0.05) is 23.2 Å². The number of imide groups is 1. The molecule has 0 bridgehead atoms. The number of hydrogen-bond donors (Lipinski definition) is 1. The minimum absolute atomic E-state index is 0.135. The number of hydrogen-bond acceptors (Lipinski definition) is 3. The predicted octanol–water partition coefficient (Wildman–Crippen LogP) is 3.02. The summed E-state index contributed by atoms with van der Waals surface area (Å²) in [4.78, 5) is 37.5. The van der Waals surface area contributed by atoms with E-state index in [0.29, 0.717) is 0 Å². The molecule has 0 atom stereocenters. The fraction of sp³-hybridized carbons (Fsp3) is 0.118. The van der Waals surface area contributed by atoms with Crippen LogP contribution in [0.1, 0.15) is 26.3 Å². The molecule has 2 aromatic rings. The van der Waals surface area contributed by atoms with Gasteiger partial charge >= 0.3 is 0 Å². The number of carbonyl (C=O) groups excluding carboxylic acids is 3. The molecule has 3 amide bonds. The van der Waals surface area contributed by atoms with Crippen molar-refractivity contribution in [3.8, 4) is 0 Å². The quantitative estimate of drug-likeness (QED) is 0.869. The van der Waals surface area contributed by atoms with Gasteiger partial charge in [-0.2, -0.15) is 0 Å². The van der Waals surface area contributed by atoms with Gasteiger partial charge in [-0.15, -0.1) is 0 Å². The first kappa shape index (κ1) is 16.1. The lowest BCUT2D eigenvalue weighted by molar-refractivity contribution is -0.116. The number of nitrogens with zero attached hydrogens (tertiary/aromatic N) is 1. The second-order valence-electron chi connectivity index (χ2n) is 5.42. The summed E-state index contributed by atoms with van der Waals surface area (Å²) in [6.45, 7) is 1.38. The molecule has 0 aromatic heterocycles. The number of anilines is 1. The SMILES string of the molecule is Cc1ccc2c(c1)C(=O)N(CC(=O)Nc1ccc(F)c(Cl)c1)C2=O. The maximum Gasteiger partial charge on any atom is 0.262 e. The second-order valence-corrected chi connectivity index (χ2v) is 5.83. The Morgan fingerprint density at radius 3 is 2.54 bits per heavy atom. The van der Waals surface area contributed by atoms with Crippen molar-refractivity contribution < 1.29 is 18.8 Å². The third-order valence-electron chi connectivity index (χ3n) is 3.63. The molecular formula is C17H12ClFN2O3. The van der Waals surface area contributed by atoms with Crippen LogP contribution in [0.3, 0.4) is 0 Å². The summed E-state index contributed by atoms with van der Waals surface area (Å²) in [5.74, 6) is -2.21. The molecule has 2 aromatic carbocycles. The summed E-state index contributed by atoms with van der Waals surface area (Å²) in [7, 11) is 0. The summed E-state index contributed by atoms with van der Waals surface area (Å²) >= 11 is 5.64. The average Bonchev–Trinajstić information content (AvgIpc) is 2.75. The normalized spacial score (nSPS) is 13.2. The van der Waals surface area contributed by atoms with Gasteiger partial charge in [0.1, 0.15) is 12.4 Å². The Bertz CT molecular complexity index is 882. The standard InChI is InChI=1S/C17H12ClFN2O3/c1-9-2-4-11-12(6-9)17(24)21(16(11)23)8-15(22)20-10-3-5-14(19)13(18)7-10/h2-7H,8H2,1H3,(H,20,22). The van der Waals surface area contributed by atoms with Crippen LogP contribution in [0.15, 0.2) is 36.4 Å². The minimum atomic E-state index is -0.606. The molecule has 0 spiro atoms. The molecule has 122 valence electrons. The third-order valence-corrected chi connectivity index (χ3v) is 3.92. The lowest BCUT2D eigenvalue weighted by Gasteiger charge is -2.13. The van der Waals surface area contributed by atoms with E-state index in [9.17, 15) is 18.8 Å². The van der Waals surface area contributed by atoms with E-state index in [2.05, 4.69) is 5.32 Å². The van der Waals surface area contributed by atoms with Gasteiger partial charge in [-0.3, -0.25) is 19.3 Å². The molecule has 1 N–H and O–H groups in total. The van der Waals surface area contributed by atoms with Gasteiger partial charge in [0.25, 0.3) is 11.8 Å². The van der Waals surface area contributed by atoms with Gasteiger partial charge < -0.3 is 5.32 Å². The van der Waals surface area contributed by atoms with Crippen LogP contribution in [-0.2, 0) is 4.79 Å². The summed E-state index contributed by atoms with van der Waals surface area (Å²) in [5, 5.41) is 2.34. The zero-order valence-electron chi connectivity index (χ0n) is 12.6. The highest BCUT2D eigenvalue weighted by Gasteiger charge is 2.36. The van der Waals surface area contributed by atoms with Gasteiger partial charge in [-0.05, 0) is 37.3 Å². The zero-order chi connectivity index (χ0) is 17.4. The Hall–Kier alpha value is -2.73. The van der Waals surface area contributed by atoms with E-state index in [4.69, 9.17) is 11.6 Å². The van der Waals surface area contributed by atoms with E-state index in [1.807, 2.05) is 6.92 Å². The molecular weight excluding hydrogens is 335 g/mol. The first-order valence-electron chi connectivity index (χ1n) is 7.08. The Balaban J connectivity index is 1.74. The van der Waals surface area contributed by atoms with Crippen LogP contribution in [0, 0.1) is 12.7 Å². The monoisotopic (exact) mass is 346 g/mol. The molecule has 0 aliphatic carbocycles. The number of amides is 3. The lowest BCUT2D eigenvalue weighted by Crippen LogP contribution is -2.37. The largest absolute Gasteiger partial charge is 0.324 e. The first-order chi connectivity index (χ1) is 11.4. The van der Waals surface area contributed by atoms with E-state index >= 15 is 0 Å². The molecule has 0 saturated carbocycles. The van der Waals surface area contributed by atoms with Gasteiger partial charge in [-0.25, -0.2) is 4.39 Å². The molecule has 0 unspecified atom stereocenters. The maximum absolute atomic E-state index is 13.1. The van der Waals surface area contributed by atoms with E-state index in [1.54, 1.807) is 18.2 Å². The molecule has 0 fully saturated rings. The topological polar surface area (TPSA) is 66.5 Å². The highest BCUT2D eigenvalue weighted by molar-refractivity contribution is 6.31. The Labute approximate surface area is 142 Å². The number of aryl methyl sites for hydroxylation is 1. The van der Waals surface area contributed by atoms with Crippen LogP contribution >= 0.6 is 11.6 Å². The van der Waals surface area contributed by atoms with Crippen LogP contribution in [0.5, 0.6) is 0 Å². The van der Waals surface area contributed by atoms with Crippen molar-refractivity contribution in [2.24, 2.45) is 0 Å². The number of benzene rings is 2. The average molecular weight is 347 g/mol. The fourth-order valence-electron chi connectivity index (χ4n) is 2.47. The van der Waals surface area contributed by atoms with Crippen molar-refractivity contribution in [2.75, 3.05) is 11.9 Å². The van der Waals surface area contributed by atoms with Gasteiger partial charge in [0.2, 0.25) is 5.91 Å². The minimum Gasteiger partial charge on any atom is -0.324 e. The van der Waals surface area contributed by atoms with Crippen molar-refractivity contribution in [1.82, 2.24) is 4.90 Å². The number of carbonyl (C=O) groups is 3. The summed E-state index contributed by atoms with van der Waals surface area (Å²) in [6.07, 6.45) is 0. The maximum atomic E-state index is 13.1. The molecule has 1 aliphatic rings. The molecule has 3 rings (SSSR count).